The molecule has 0 bridgehead atoms. The summed E-state index contributed by atoms with van der Waals surface area (Å²) in [5.41, 5.74) is 0.955. The van der Waals surface area contributed by atoms with Crippen molar-refractivity contribution in [1.29, 1.82) is 0 Å². The van der Waals surface area contributed by atoms with Gasteiger partial charge in [-0.15, -0.1) is 0 Å². The van der Waals surface area contributed by atoms with Gasteiger partial charge in [-0.2, -0.15) is 0 Å². The molecule has 0 aromatic rings. The zero-order valence-electron chi connectivity index (χ0n) is 7.11. The lowest BCUT2D eigenvalue weighted by molar-refractivity contribution is -0.115. The molecule has 1 aliphatic carbocycles. The van der Waals surface area contributed by atoms with E-state index in [4.69, 9.17) is 0 Å². The van der Waals surface area contributed by atoms with Crippen molar-refractivity contribution in [1.82, 2.24) is 0 Å². The van der Waals surface area contributed by atoms with Gasteiger partial charge in [0.1, 0.15) is 0 Å². The summed E-state index contributed by atoms with van der Waals surface area (Å²) < 4.78 is 0. The van der Waals surface area contributed by atoms with Crippen molar-refractivity contribution in [3.63, 3.8) is 0 Å². The maximum absolute atomic E-state index is 10.7. The van der Waals surface area contributed by atoms with Gasteiger partial charge in [-0.1, -0.05) is 19.9 Å². The lowest BCUT2D eigenvalue weighted by Gasteiger charge is -2.04. The van der Waals surface area contributed by atoms with Gasteiger partial charge in [-0.3, -0.25) is 4.79 Å². The van der Waals surface area contributed by atoms with E-state index in [0.29, 0.717) is 5.78 Å². The highest BCUT2D eigenvalue weighted by Crippen LogP contribution is 2.12. The Morgan fingerprint density at radius 1 is 1.40 bits per heavy atom. The second-order valence-corrected chi connectivity index (χ2v) is 2.20. The minimum Gasteiger partial charge on any atom is -0.295 e. The van der Waals surface area contributed by atoms with E-state index in [0.717, 1.165) is 24.8 Å². The zero-order valence-corrected chi connectivity index (χ0v) is 7.11. The molecule has 0 saturated heterocycles. The molecule has 0 aromatic heterocycles. The van der Waals surface area contributed by atoms with Crippen LogP contribution >= 0.6 is 0 Å². The van der Waals surface area contributed by atoms with E-state index in [2.05, 4.69) is 0 Å². The van der Waals surface area contributed by atoms with Crippen molar-refractivity contribution in [3.05, 3.63) is 11.6 Å². The Morgan fingerprint density at radius 2 is 2.00 bits per heavy atom. The predicted octanol–water partition coefficient (Wildman–Crippen LogP) is 2.71. The van der Waals surface area contributed by atoms with Gasteiger partial charge in [0.15, 0.2) is 5.78 Å². The lowest BCUT2D eigenvalue weighted by atomic mass is 10.00. The molecule has 0 fully saturated rings. The zero-order chi connectivity index (χ0) is 7.98. The molecule has 58 valence electrons. The molecular formula is C9H16O. The molecule has 0 saturated carbocycles. The van der Waals surface area contributed by atoms with Crippen LogP contribution in [0.25, 0.3) is 0 Å². The van der Waals surface area contributed by atoms with Crippen molar-refractivity contribution in [2.45, 2.75) is 40.0 Å². The largest absolute Gasteiger partial charge is 0.295 e. The molecule has 0 heterocycles. The molecule has 0 aliphatic heterocycles. The number of allylic oxidation sites excluding steroid dienone is 2. The third-order valence-electron chi connectivity index (χ3n) is 1.50. The van der Waals surface area contributed by atoms with E-state index in [9.17, 15) is 4.79 Å². The van der Waals surface area contributed by atoms with Gasteiger partial charge < -0.3 is 0 Å². The Labute approximate surface area is 63.1 Å². The minimum atomic E-state index is 0.330. The van der Waals surface area contributed by atoms with Crippen LogP contribution in [-0.2, 0) is 4.79 Å². The van der Waals surface area contributed by atoms with Crippen molar-refractivity contribution in [3.8, 4) is 0 Å². The molecule has 1 heteroatoms. The molecule has 0 amide bonds. The van der Waals surface area contributed by atoms with Crippen molar-refractivity contribution < 1.29 is 4.79 Å². The average Bonchev–Trinajstić information content (AvgIpc) is 2.00. The number of carbonyl (C=O) groups is 1. The molecule has 0 unspecified atom stereocenters. The third kappa shape index (κ3) is 2.81. The second-order valence-electron chi connectivity index (χ2n) is 2.20. The smallest absolute Gasteiger partial charge is 0.158 e. The quantitative estimate of drug-likeness (QED) is 0.505. The van der Waals surface area contributed by atoms with Crippen LogP contribution in [0, 0.1) is 0 Å². The molecule has 1 aliphatic rings. The summed E-state index contributed by atoms with van der Waals surface area (Å²) in [6.07, 6.45) is 4.93. The third-order valence-corrected chi connectivity index (χ3v) is 1.50. The number of hydrogen-bond donors (Lipinski definition) is 0. The van der Waals surface area contributed by atoms with E-state index in [-0.39, 0.29) is 0 Å². The van der Waals surface area contributed by atoms with Crippen LogP contribution in [0.1, 0.15) is 40.0 Å². The predicted molar refractivity (Wildman–Crippen MR) is 44.0 cm³/mol. The molecule has 1 rings (SSSR count). The summed E-state index contributed by atoms with van der Waals surface area (Å²) in [6.45, 7) is 5.89. The highest BCUT2D eigenvalue weighted by atomic mass is 16.1. The fourth-order valence-corrected chi connectivity index (χ4v) is 0.892. The maximum Gasteiger partial charge on any atom is 0.158 e. The number of Topliss-reactive ketones (excluding diaryl/α,β-unsaturated/α-hetero) is 1. The Morgan fingerprint density at radius 3 is 2.30 bits per heavy atom. The number of carbonyl (C=O) groups excluding carboxylic acids is 1. The van der Waals surface area contributed by atoms with Crippen LogP contribution in [0.4, 0.5) is 0 Å². The van der Waals surface area contributed by atoms with Gasteiger partial charge in [-0.25, -0.2) is 0 Å². The monoisotopic (exact) mass is 140 g/mol. The molecule has 0 radical (unpaired) electrons. The summed E-state index contributed by atoms with van der Waals surface area (Å²) in [5, 5.41) is 0. The first-order valence-electron chi connectivity index (χ1n) is 4.00. The molecule has 0 N–H and O–H groups in total. The first-order valence-corrected chi connectivity index (χ1v) is 4.00. The highest BCUT2D eigenvalue weighted by Gasteiger charge is 2.06. The highest BCUT2D eigenvalue weighted by molar-refractivity contribution is 5.95. The fraction of sp³-hybridized carbons (Fsp3) is 0.667. The van der Waals surface area contributed by atoms with Gasteiger partial charge in [-0.05, 0) is 25.3 Å². The van der Waals surface area contributed by atoms with Crippen LogP contribution in [0.2, 0.25) is 0 Å². The summed E-state index contributed by atoms with van der Waals surface area (Å²) in [5.74, 6) is 0.330. The molecule has 0 spiro atoms. The van der Waals surface area contributed by atoms with Gasteiger partial charge >= 0.3 is 0 Å². The summed E-state index contributed by atoms with van der Waals surface area (Å²) in [4.78, 5) is 10.7. The van der Waals surface area contributed by atoms with Crippen LogP contribution in [0.5, 0.6) is 0 Å². The van der Waals surface area contributed by atoms with Gasteiger partial charge in [0.25, 0.3) is 0 Å². The Kier molecular flexibility index (Phi) is 4.91. The number of rotatable bonds is 0. The lowest BCUT2D eigenvalue weighted by Crippen LogP contribution is -2.02. The molecule has 0 atom stereocenters. The van der Waals surface area contributed by atoms with Crippen molar-refractivity contribution in [2.24, 2.45) is 0 Å². The molecular weight excluding hydrogens is 124 g/mol. The summed E-state index contributed by atoms with van der Waals surface area (Å²) >= 11 is 0. The molecule has 1 nitrogen and oxygen atoms in total. The van der Waals surface area contributed by atoms with Crippen LogP contribution in [0.15, 0.2) is 11.6 Å². The van der Waals surface area contributed by atoms with E-state index in [1.54, 1.807) is 0 Å². The van der Waals surface area contributed by atoms with Gasteiger partial charge in [0.05, 0.1) is 0 Å². The molecule has 10 heavy (non-hydrogen) atoms. The van der Waals surface area contributed by atoms with Crippen molar-refractivity contribution >= 4 is 5.78 Å². The standard InChI is InChI=1S/C7H10O.C2H6/c1-6-4-2-3-5-7(6)8;1-2/h4H,2-3,5H2,1H3;1-2H3. The van der Waals surface area contributed by atoms with E-state index in [1.165, 1.54) is 0 Å². The average molecular weight is 140 g/mol. The van der Waals surface area contributed by atoms with Gasteiger partial charge in [0, 0.05) is 6.42 Å². The Balaban J connectivity index is 0.000000371. The van der Waals surface area contributed by atoms with Crippen LogP contribution < -0.4 is 0 Å². The topological polar surface area (TPSA) is 17.1 Å². The van der Waals surface area contributed by atoms with Gasteiger partial charge in [0.2, 0.25) is 0 Å². The summed E-state index contributed by atoms with van der Waals surface area (Å²) in [6, 6.07) is 0. The van der Waals surface area contributed by atoms with E-state index in [1.807, 2.05) is 26.8 Å². The number of hydrogen-bond acceptors (Lipinski definition) is 1. The van der Waals surface area contributed by atoms with Crippen molar-refractivity contribution in [2.75, 3.05) is 0 Å². The van der Waals surface area contributed by atoms with E-state index < -0.39 is 0 Å². The first kappa shape index (κ1) is 9.41. The number of ketones is 1. The maximum atomic E-state index is 10.7. The van der Waals surface area contributed by atoms with Crippen LogP contribution in [-0.4, -0.2) is 5.78 Å². The first-order chi connectivity index (χ1) is 4.80. The second kappa shape index (κ2) is 5.21. The Bertz CT molecular complexity index is 134. The van der Waals surface area contributed by atoms with E-state index >= 15 is 0 Å². The fourth-order valence-electron chi connectivity index (χ4n) is 0.892. The normalized spacial score (nSPS) is 17.1. The van der Waals surface area contributed by atoms with Crippen LogP contribution in [0.3, 0.4) is 0 Å². The Hall–Kier alpha value is -0.590. The SMILES string of the molecule is CC.CC1=CCCCC1=O. The molecule has 0 aromatic carbocycles. The summed E-state index contributed by atoms with van der Waals surface area (Å²) in [7, 11) is 0. The minimum absolute atomic E-state index is 0.330.